The number of nitrogens with one attached hydrogen (secondary N) is 1. The quantitative estimate of drug-likeness (QED) is 0.189. The van der Waals surface area contributed by atoms with E-state index in [1.165, 1.54) is 25.3 Å². The molecule has 0 aliphatic carbocycles. The van der Waals surface area contributed by atoms with Gasteiger partial charge in [-0.2, -0.15) is 18.6 Å². The van der Waals surface area contributed by atoms with Crippen molar-refractivity contribution in [3.8, 4) is 11.5 Å². The minimum atomic E-state index is -4.59. The van der Waals surface area contributed by atoms with Gasteiger partial charge in [0.15, 0.2) is 0 Å². The monoisotopic (exact) mass is 595 g/mol. The first-order valence-electron chi connectivity index (χ1n) is 11.1. The first kappa shape index (κ1) is 30.8. The molecule has 0 heterocycles. The molecule has 0 bridgehead atoms. The Morgan fingerprint density at radius 3 is 2.46 bits per heavy atom. The van der Waals surface area contributed by atoms with E-state index in [1.54, 1.807) is 43.3 Å². The number of ether oxygens (including phenoxy) is 1. The number of hydrogen-bond acceptors (Lipinski definition) is 7. The summed E-state index contributed by atoms with van der Waals surface area (Å²) in [6, 6.07) is 15.4. The number of halogens is 2. The van der Waals surface area contributed by atoms with Crippen molar-refractivity contribution in [1.82, 2.24) is 0 Å². The first-order chi connectivity index (χ1) is 18.0. The van der Waals surface area contributed by atoms with Crippen LogP contribution in [0.25, 0.3) is 10.8 Å². The molecule has 0 saturated carbocycles. The summed E-state index contributed by atoms with van der Waals surface area (Å²) in [5.74, 6) is -1.04. The van der Waals surface area contributed by atoms with Crippen molar-refractivity contribution in [1.29, 1.82) is 0 Å². The Kier molecular flexibility index (Phi) is 10.0. The van der Waals surface area contributed by atoms with Gasteiger partial charge in [0.05, 0.1) is 23.5 Å². The molecule has 13 heteroatoms. The predicted octanol–water partition coefficient (Wildman–Crippen LogP) is 3.71. The number of fused-ring (bicyclic) bond motifs is 1. The van der Waals surface area contributed by atoms with Crippen LogP contribution in [-0.2, 0) is 16.5 Å². The molecule has 4 rings (SSSR count). The SMILES string of the molecule is CCc1c(N=Nc2c([O-])c(C(=O)Nc3ccc(Cl)c(OC)c3)cc3ccccc23)cc(Cl)cc1S(=O)(=O)O.[Na+]. The standard InChI is InChI=1S/C26H21Cl2N3O6S.Na/c1-3-17-21(11-15(27)12-23(17)38(34,35)36)30-31-24-18-7-5-4-6-14(18)10-19(25(24)32)26(33)29-16-8-9-20(28)22(13-16)37-2;/h4-13,32H,3H2,1-2H3,(H,29,33)(H,34,35,36);/q;+1/p-1. The molecule has 0 aliphatic rings. The Morgan fingerprint density at radius 1 is 1.08 bits per heavy atom. The van der Waals surface area contributed by atoms with E-state index in [4.69, 9.17) is 27.9 Å². The maximum atomic E-state index is 13.4. The van der Waals surface area contributed by atoms with Gasteiger partial charge in [-0.3, -0.25) is 9.35 Å². The molecular weight excluding hydrogens is 576 g/mol. The second-order valence-corrected chi connectivity index (χ2v) is 10.3. The predicted molar refractivity (Wildman–Crippen MR) is 144 cm³/mol. The third-order valence-electron chi connectivity index (χ3n) is 5.67. The fraction of sp³-hybridized carbons (Fsp3) is 0.115. The zero-order chi connectivity index (χ0) is 27.6. The molecule has 0 atom stereocenters. The molecular formula is C26H20Cl2N3NaO6S. The summed E-state index contributed by atoms with van der Waals surface area (Å²) in [5.41, 5.74) is 0.267. The fourth-order valence-electron chi connectivity index (χ4n) is 3.89. The third-order valence-corrected chi connectivity index (χ3v) is 7.12. The van der Waals surface area contributed by atoms with Gasteiger partial charge >= 0.3 is 29.6 Å². The van der Waals surface area contributed by atoms with Crippen molar-refractivity contribution in [3.05, 3.63) is 81.8 Å². The van der Waals surface area contributed by atoms with Crippen LogP contribution in [0.3, 0.4) is 0 Å². The number of nitrogens with zero attached hydrogens (tertiary/aromatic N) is 2. The number of azo groups is 1. The summed E-state index contributed by atoms with van der Waals surface area (Å²) in [4.78, 5) is 12.7. The fourth-order valence-corrected chi connectivity index (χ4v) is 5.20. The molecule has 196 valence electrons. The summed E-state index contributed by atoms with van der Waals surface area (Å²) in [5, 5.41) is 25.7. The number of hydrogen-bond donors (Lipinski definition) is 2. The van der Waals surface area contributed by atoms with E-state index in [-0.39, 0.29) is 63.5 Å². The molecule has 2 N–H and O–H groups in total. The van der Waals surface area contributed by atoms with Gasteiger partial charge in [0, 0.05) is 33.3 Å². The van der Waals surface area contributed by atoms with Gasteiger partial charge in [0.2, 0.25) is 0 Å². The molecule has 0 spiro atoms. The van der Waals surface area contributed by atoms with Gasteiger partial charge < -0.3 is 15.2 Å². The number of anilines is 1. The number of rotatable bonds is 7. The second-order valence-electron chi connectivity index (χ2n) is 8.06. The summed E-state index contributed by atoms with van der Waals surface area (Å²) < 4.78 is 38.5. The van der Waals surface area contributed by atoms with Gasteiger partial charge in [-0.1, -0.05) is 60.1 Å². The van der Waals surface area contributed by atoms with Crippen LogP contribution < -0.4 is 44.7 Å². The van der Waals surface area contributed by atoms with E-state index in [9.17, 15) is 22.9 Å². The van der Waals surface area contributed by atoms with Crippen LogP contribution in [0.1, 0.15) is 22.8 Å². The van der Waals surface area contributed by atoms with E-state index >= 15 is 0 Å². The van der Waals surface area contributed by atoms with Crippen LogP contribution in [0.4, 0.5) is 17.1 Å². The molecule has 0 aromatic heterocycles. The Bertz CT molecular complexity index is 1710. The Labute approximate surface area is 256 Å². The summed E-state index contributed by atoms with van der Waals surface area (Å²) in [6.45, 7) is 1.67. The van der Waals surface area contributed by atoms with Crippen molar-refractivity contribution < 1.29 is 57.2 Å². The number of amides is 1. The average molecular weight is 596 g/mol. The second kappa shape index (κ2) is 12.6. The molecule has 0 aliphatic heterocycles. The van der Waals surface area contributed by atoms with Crippen LogP contribution in [0.15, 0.2) is 75.8 Å². The minimum Gasteiger partial charge on any atom is -0.870 e. The number of carbonyl (C=O) groups excluding carboxylic acids is 1. The van der Waals surface area contributed by atoms with Crippen LogP contribution in [0, 0.1) is 0 Å². The zero-order valence-electron chi connectivity index (χ0n) is 21.0. The topological polar surface area (TPSA) is 140 Å². The van der Waals surface area contributed by atoms with Crippen molar-refractivity contribution in [2.45, 2.75) is 18.2 Å². The van der Waals surface area contributed by atoms with Gasteiger partial charge in [-0.05, 0) is 42.1 Å². The van der Waals surface area contributed by atoms with E-state index in [0.29, 0.717) is 27.2 Å². The average Bonchev–Trinajstić information content (AvgIpc) is 2.88. The minimum absolute atomic E-state index is 0. The van der Waals surface area contributed by atoms with Gasteiger partial charge in [0.25, 0.3) is 16.0 Å². The van der Waals surface area contributed by atoms with Crippen LogP contribution in [0.5, 0.6) is 11.5 Å². The molecule has 0 saturated heterocycles. The van der Waals surface area contributed by atoms with E-state index in [0.717, 1.165) is 6.07 Å². The molecule has 0 radical (unpaired) electrons. The Balaban J connectivity index is 0.00000420. The van der Waals surface area contributed by atoms with Gasteiger partial charge in [-0.25, -0.2) is 0 Å². The van der Waals surface area contributed by atoms with Crippen LogP contribution >= 0.6 is 23.2 Å². The molecule has 4 aromatic carbocycles. The van der Waals surface area contributed by atoms with Crippen LogP contribution in [0.2, 0.25) is 10.0 Å². The van der Waals surface area contributed by atoms with E-state index < -0.39 is 26.7 Å². The van der Waals surface area contributed by atoms with Crippen molar-refractivity contribution >= 4 is 67.1 Å². The number of carbonyl (C=O) groups is 1. The smallest absolute Gasteiger partial charge is 0.870 e. The largest absolute Gasteiger partial charge is 1.00 e. The summed E-state index contributed by atoms with van der Waals surface area (Å²) >= 11 is 12.1. The summed E-state index contributed by atoms with van der Waals surface area (Å²) in [6.07, 6.45) is 0.179. The van der Waals surface area contributed by atoms with Gasteiger partial charge in [-0.15, -0.1) is 0 Å². The Hall–Kier alpha value is -2.70. The van der Waals surface area contributed by atoms with Crippen molar-refractivity contribution in [2.24, 2.45) is 10.2 Å². The van der Waals surface area contributed by atoms with E-state index in [2.05, 4.69) is 15.5 Å². The number of methoxy groups -OCH3 is 1. The molecule has 39 heavy (non-hydrogen) atoms. The van der Waals surface area contributed by atoms with Crippen LogP contribution in [-0.4, -0.2) is 26.0 Å². The molecule has 4 aromatic rings. The third kappa shape index (κ3) is 6.72. The van der Waals surface area contributed by atoms with E-state index in [1.807, 2.05) is 0 Å². The maximum absolute atomic E-state index is 13.4. The molecule has 9 nitrogen and oxygen atoms in total. The van der Waals surface area contributed by atoms with Crippen molar-refractivity contribution in [3.63, 3.8) is 0 Å². The number of benzene rings is 4. The van der Waals surface area contributed by atoms with Crippen molar-refractivity contribution in [2.75, 3.05) is 12.4 Å². The molecule has 0 fully saturated rings. The zero-order valence-corrected chi connectivity index (χ0v) is 25.4. The normalized spacial score (nSPS) is 11.4. The maximum Gasteiger partial charge on any atom is 1.00 e. The first-order valence-corrected chi connectivity index (χ1v) is 13.3. The Morgan fingerprint density at radius 2 is 1.79 bits per heavy atom. The molecule has 0 unspecified atom stereocenters. The molecule has 1 amide bonds. The van der Waals surface area contributed by atoms with Gasteiger partial charge in [0.1, 0.15) is 10.6 Å². The summed E-state index contributed by atoms with van der Waals surface area (Å²) in [7, 11) is -3.15.